The zero-order valence-electron chi connectivity index (χ0n) is 4.39. The van der Waals surface area contributed by atoms with Crippen molar-refractivity contribution in [2.24, 2.45) is 0 Å². The van der Waals surface area contributed by atoms with Crippen LogP contribution in [0.3, 0.4) is 0 Å². The van der Waals surface area contributed by atoms with Crippen molar-refractivity contribution in [3.63, 3.8) is 0 Å². The predicted octanol–water partition coefficient (Wildman–Crippen LogP) is -0.364. The number of hydrogen-bond acceptors (Lipinski definition) is 3. The van der Waals surface area contributed by atoms with Crippen LogP contribution in [0.2, 0.25) is 0 Å². The van der Waals surface area contributed by atoms with Crippen LogP contribution >= 0.6 is 0 Å². The summed E-state index contributed by atoms with van der Waals surface area (Å²) in [4.78, 5) is 14.0. The molecule has 0 aromatic rings. The van der Waals surface area contributed by atoms with Crippen LogP contribution in [0.4, 0.5) is 0 Å². The standard InChI is InChI=1S/C4H8NO2/c1-4(3-6)5-7-2/h4-5H,1-2H3. The van der Waals surface area contributed by atoms with Gasteiger partial charge in [0.2, 0.25) is 6.29 Å². The van der Waals surface area contributed by atoms with Gasteiger partial charge in [-0.3, -0.25) is 4.79 Å². The molecule has 0 bridgehead atoms. The van der Waals surface area contributed by atoms with Crippen LogP contribution in [0, 0.1) is 0 Å². The molecule has 0 spiro atoms. The Hall–Kier alpha value is -0.410. The van der Waals surface area contributed by atoms with Crippen LogP contribution < -0.4 is 5.48 Å². The summed E-state index contributed by atoms with van der Waals surface area (Å²) >= 11 is 0. The maximum atomic E-state index is 9.63. The van der Waals surface area contributed by atoms with Crippen LogP contribution in [-0.2, 0) is 9.63 Å². The fourth-order valence-electron chi connectivity index (χ4n) is 0.201. The Balaban J connectivity index is 2.98. The molecule has 1 unspecified atom stereocenters. The highest BCUT2D eigenvalue weighted by atomic mass is 16.6. The molecule has 0 aliphatic heterocycles. The van der Waals surface area contributed by atoms with Crippen molar-refractivity contribution < 1.29 is 9.63 Å². The smallest absolute Gasteiger partial charge is 0.219 e. The van der Waals surface area contributed by atoms with E-state index in [1.165, 1.54) is 7.11 Å². The number of nitrogens with one attached hydrogen (secondary N) is 1. The van der Waals surface area contributed by atoms with Crippen LogP contribution in [0.15, 0.2) is 0 Å². The molecule has 0 aliphatic rings. The van der Waals surface area contributed by atoms with Gasteiger partial charge in [0.05, 0.1) is 13.2 Å². The molecule has 0 amide bonds. The lowest BCUT2D eigenvalue weighted by Gasteiger charge is -1.99. The van der Waals surface area contributed by atoms with Gasteiger partial charge in [-0.2, -0.15) is 5.48 Å². The summed E-state index contributed by atoms with van der Waals surface area (Å²) in [5, 5.41) is 0. The lowest BCUT2D eigenvalue weighted by atomic mass is 10.4. The van der Waals surface area contributed by atoms with E-state index in [4.69, 9.17) is 0 Å². The monoisotopic (exact) mass is 102 g/mol. The fourth-order valence-corrected chi connectivity index (χ4v) is 0.201. The van der Waals surface area contributed by atoms with Gasteiger partial charge in [0.15, 0.2) is 0 Å². The maximum Gasteiger partial charge on any atom is 0.219 e. The lowest BCUT2D eigenvalue weighted by molar-refractivity contribution is 0.0821. The highest BCUT2D eigenvalue weighted by molar-refractivity contribution is 5.57. The molecule has 1 atom stereocenters. The van der Waals surface area contributed by atoms with Crippen molar-refractivity contribution in [2.45, 2.75) is 13.0 Å². The topological polar surface area (TPSA) is 38.3 Å². The summed E-state index contributed by atoms with van der Waals surface area (Å²) in [6, 6.07) is -0.329. The molecular formula is C4H8NO2. The van der Waals surface area contributed by atoms with Crippen LogP contribution in [0.25, 0.3) is 0 Å². The second-order valence-electron chi connectivity index (χ2n) is 1.16. The van der Waals surface area contributed by atoms with Gasteiger partial charge < -0.3 is 4.84 Å². The number of rotatable bonds is 3. The van der Waals surface area contributed by atoms with Gasteiger partial charge in [-0.25, -0.2) is 0 Å². The molecule has 0 aromatic carbocycles. The zero-order chi connectivity index (χ0) is 5.70. The Morgan fingerprint density at radius 1 is 1.86 bits per heavy atom. The Bertz CT molecular complexity index is 55.7. The van der Waals surface area contributed by atoms with Gasteiger partial charge in [0.1, 0.15) is 0 Å². The average molecular weight is 102 g/mol. The molecule has 41 valence electrons. The van der Waals surface area contributed by atoms with E-state index in [1.807, 2.05) is 0 Å². The van der Waals surface area contributed by atoms with E-state index >= 15 is 0 Å². The quantitative estimate of drug-likeness (QED) is 0.494. The third kappa shape index (κ3) is 3.42. The minimum absolute atomic E-state index is 0.329. The predicted molar refractivity (Wildman–Crippen MR) is 25.3 cm³/mol. The SMILES string of the molecule is CONC(C)[C]=O. The third-order valence-electron chi connectivity index (χ3n) is 0.471. The minimum Gasteiger partial charge on any atom is -0.304 e. The molecule has 0 saturated heterocycles. The summed E-state index contributed by atoms with van der Waals surface area (Å²) in [6.07, 6.45) is 1.68. The first-order valence-corrected chi connectivity index (χ1v) is 1.97. The van der Waals surface area contributed by atoms with Gasteiger partial charge >= 0.3 is 0 Å². The molecule has 7 heavy (non-hydrogen) atoms. The van der Waals surface area contributed by atoms with E-state index in [-0.39, 0.29) is 6.04 Å². The van der Waals surface area contributed by atoms with Gasteiger partial charge in [0.25, 0.3) is 0 Å². The number of hydroxylamine groups is 1. The summed E-state index contributed by atoms with van der Waals surface area (Å²) in [6.45, 7) is 1.65. The van der Waals surface area contributed by atoms with E-state index in [9.17, 15) is 4.79 Å². The first-order chi connectivity index (χ1) is 3.31. The summed E-state index contributed by atoms with van der Waals surface area (Å²) in [5.41, 5.74) is 2.37. The first kappa shape index (κ1) is 6.59. The molecule has 0 fully saturated rings. The highest BCUT2D eigenvalue weighted by Crippen LogP contribution is 1.68. The van der Waals surface area contributed by atoms with Crippen LogP contribution in [0.5, 0.6) is 0 Å². The van der Waals surface area contributed by atoms with Gasteiger partial charge in [-0.1, -0.05) is 0 Å². The van der Waals surface area contributed by atoms with E-state index in [0.717, 1.165) is 0 Å². The van der Waals surface area contributed by atoms with Crippen molar-refractivity contribution in [3.05, 3.63) is 0 Å². The summed E-state index contributed by atoms with van der Waals surface area (Å²) in [5.74, 6) is 0. The molecule has 0 saturated carbocycles. The number of carbonyl (C=O) groups excluding carboxylic acids is 1. The van der Waals surface area contributed by atoms with E-state index in [0.29, 0.717) is 0 Å². The van der Waals surface area contributed by atoms with E-state index in [1.54, 1.807) is 13.2 Å². The Morgan fingerprint density at radius 2 is 2.43 bits per heavy atom. The Labute approximate surface area is 42.6 Å². The molecule has 3 heteroatoms. The van der Waals surface area contributed by atoms with Crippen molar-refractivity contribution in [1.29, 1.82) is 0 Å². The maximum absolute atomic E-state index is 9.63. The van der Waals surface area contributed by atoms with Gasteiger partial charge in [-0.15, -0.1) is 0 Å². The highest BCUT2D eigenvalue weighted by Gasteiger charge is 1.93. The van der Waals surface area contributed by atoms with Crippen molar-refractivity contribution >= 4 is 6.29 Å². The van der Waals surface area contributed by atoms with Crippen molar-refractivity contribution in [1.82, 2.24) is 5.48 Å². The van der Waals surface area contributed by atoms with Gasteiger partial charge in [-0.05, 0) is 6.92 Å². The molecular weight excluding hydrogens is 94.0 g/mol. The van der Waals surface area contributed by atoms with Crippen LogP contribution in [-0.4, -0.2) is 19.4 Å². The normalized spacial score (nSPS) is 13.4. The molecule has 0 rings (SSSR count). The molecule has 1 radical (unpaired) electrons. The second kappa shape index (κ2) is 3.77. The lowest BCUT2D eigenvalue weighted by Crippen LogP contribution is -2.25. The number of hydrogen-bond donors (Lipinski definition) is 1. The van der Waals surface area contributed by atoms with E-state index < -0.39 is 0 Å². The molecule has 0 heterocycles. The third-order valence-corrected chi connectivity index (χ3v) is 0.471. The zero-order valence-corrected chi connectivity index (χ0v) is 4.39. The fraction of sp³-hybridized carbons (Fsp3) is 0.750. The van der Waals surface area contributed by atoms with Gasteiger partial charge in [0, 0.05) is 0 Å². The largest absolute Gasteiger partial charge is 0.304 e. The van der Waals surface area contributed by atoms with Crippen LogP contribution in [0.1, 0.15) is 6.92 Å². The summed E-state index contributed by atoms with van der Waals surface area (Å²) in [7, 11) is 1.45. The van der Waals surface area contributed by atoms with Crippen molar-refractivity contribution in [2.75, 3.05) is 7.11 Å². The summed E-state index contributed by atoms with van der Waals surface area (Å²) < 4.78 is 0. The molecule has 0 aromatic heterocycles. The minimum atomic E-state index is -0.329. The Morgan fingerprint density at radius 3 is 2.57 bits per heavy atom. The van der Waals surface area contributed by atoms with Crippen molar-refractivity contribution in [3.8, 4) is 0 Å². The average Bonchev–Trinajstić information content (AvgIpc) is 1.68. The Kier molecular flexibility index (Phi) is 3.55. The van der Waals surface area contributed by atoms with E-state index in [2.05, 4.69) is 10.3 Å². The molecule has 0 aliphatic carbocycles. The molecule has 1 N–H and O–H groups in total. The second-order valence-corrected chi connectivity index (χ2v) is 1.16. The molecule has 3 nitrogen and oxygen atoms in total. The first-order valence-electron chi connectivity index (χ1n) is 1.97.